The summed E-state index contributed by atoms with van der Waals surface area (Å²) >= 11 is 0. The minimum Gasteiger partial charge on any atom is -0.363 e. The van der Waals surface area contributed by atoms with Gasteiger partial charge in [-0.05, 0) is 0 Å². The SMILES string of the molecule is O=C(OC(F)(F)C(F)(F)C(F)F)OC(F)(F)C(F)(F)C(F)F. The molecule has 0 saturated heterocycles. The zero-order valence-corrected chi connectivity index (χ0v) is 9.42. The summed E-state index contributed by atoms with van der Waals surface area (Å²) in [5.41, 5.74) is 0. The Kier molecular flexibility index (Phi) is 5.48. The molecular weight excluding hydrogens is 360 g/mol. The van der Waals surface area contributed by atoms with E-state index in [9.17, 15) is 57.5 Å². The van der Waals surface area contributed by atoms with Gasteiger partial charge in [0, 0.05) is 0 Å². The van der Waals surface area contributed by atoms with Crippen molar-refractivity contribution in [3.8, 4) is 0 Å². The molecule has 0 spiro atoms. The van der Waals surface area contributed by atoms with Crippen molar-refractivity contribution in [1.82, 2.24) is 0 Å². The molecule has 0 heterocycles. The summed E-state index contributed by atoms with van der Waals surface area (Å²) < 4.78 is 149. The van der Waals surface area contributed by atoms with E-state index >= 15 is 0 Å². The lowest BCUT2D eigenvalue weighted by molar-refractivity contribution is -0.383. The van der Waals surface area contributed by atoms with Crippen molar-refractivity contribution in [3.63, 3.8) is 0 Å². The molecule has 0 amide bonds. The van der Waals surface area contributed by atoms with Gasteiger partial charge in [0.25, 0.3) is 0 Å². The fourth-order valence-corrected chi connectivity index (χ4v) is 0.620. The number of carbonyl (C=O) groups is 1. The quantitative estimate of drug-likeness (QED) is 0.527. The first-order valence-electron chi connectivity index (χ1n) is 4.48. The molecule has 0 aromatic carbocycles. The molecule has 132 valence electrons. The fourth-order valence-electron chi connectivity index (χ4n) is 0.620. The summed E-state index contributed by atoms with van der Waals surface area (Å²) in [6.07, 6.45) is -26.9. The highest BCUT2D eigenvalue weighted by atomic mass is 19.4. The maximum absolute atomic E-state index is 12.4. The van der Waals surface area contributed by atoms with Gasteiger partial charge in [-0.3, -0.25) is 0 Å². The molecular formula is C7H2F12O3. The van der Waals surface area contributed by atoms with Crippen LogP contribution in [0, 0.1) is 0 Å². The number of ether oxygens (including phenoxy) is 2. The first kappa shape index (κ1) is 20.4. The van der Waals surface area contributed by atoms with Gasteiger partial charge < -0.3 is 9.47 Å². The van der Waals surface area contributed by atoms with Gasteiger partial charge in [-0.25, -0.2) is 22.4 Å². The van der Waals surface area contributed by atoms with Crippen LogP contribution in [0.25, 0.3) is 0 Å². The van der Waals surface area contributed by atoms with Gasteiger partial charge in [0.2, 0.25) is 0 Å². The maximum atomic E-state index is 12.4. The molecule has 0 atom stereocenters. The molecule has 15 heteroatoms. The molecule has 0 bridgehead atoms. The zero-order chi connectivity index (χ0) is 18.1. The molecule has 0 unspecified atom stereocenters. The summed E-state index contributed by atoms with van der Waals surface area (Å²) in [6.45, 7) is 0. The minimum atomic E-state index is -6.45. The smallest absolute Gasteiger partial charge is 0.363 e. The van der Waals surface area contributed by atoms with Crippen molar-refractivity contribution in [1.29, 1.82) is 0 Å². The Hall–Kier alpha value is -1.57. The zero-order valence-electron chi connectivity index (χ0n) is 9.42. The molecule has 3 nitrogen and oxygen atoms in total. The fraction of sp³-hybridized carbons (Fsp3) is 0.857. The molecule has 0 fully saturated rings. The van der Waals surface area contributed by atoms with Crippen molar-refractivity contribution >= 4 is 6.16 Å². The molecule has 0 aliphatic carbocycles. The number of alkyl halides is 12. The minimum absolute atomic E-state index is 2.09. The first-order chi connectivity index (χ1) is 9.49. The molecule has 0 radical (unpaired) electrons. The highest BCUT2D eigenvalue weighted by molar-refractivity contribution is 5.61. The van der Waals surface area contributed by atoms with E-state index in [1.165, 1.54) is 0 Å². The first-order valence-corrected chi connectivity index (χ1v) is 4.48. The highest BCUT2D eigenvalue weighted by Crippen LogP contribution is 2.43. The van der Waals surface area contributed by atoms with Crippen LogP contribution in [0.4, 0.5) is 57.5 Å². The summed E-state index contributed by atoms with van der Waals surface area (Å²) in [6, 6.07) is 0. The Morgan fingerprint density at radius 1 is 0.636 bits per heavy atom. The van der Waals surface area contributed by atoms with Crippen LogP contribution in [0.3, 0.4) is 0 Å². The lowest BCUT2D eigenvalue weighted by Crippen LogP contribution is -2.52. The molecule has 0 rings (SSSR count). The van der Waals surface area contributed by atoms with Gasteiger partial charge in [0.15, 0.2) is 0 Å². The average molecular weight is 362 g/mol. The van der Waals surface area contributed by atoms with E-state index in [1.54, 1.807) is 0 Å². The summed E-state index contributed by atoms with van der Waals surface area (Å²) in [7, 11) is 0. The topological polar surface area (TPSA) is 35.5 Å². The maximum Gasteiger partial charge on any atom is 0.518 e. The van der Waals surface area contributed by atoms with E-state index in [4.69, 9.17) is 0 Å². The molecule has 0 N–H and O–H groups in total. The Morgan fingerprint density at radius 3 is 1.05 bits per heavy atom. The molecule has 0 aliphatic heterocycles. The summed E-state index contributed by atoms with van der Waals surface area (Å²) in [4.78, 5) is 10.3. The van der Waals surface area contributed by atoms with E-state index in [0.717, 1.165) is 0 Å². The van der Waals surface area contributed by atoms with Gasteiger partial charge in [-0.1, -0.05) is 0 Å². The van der Waals surface area contributed by atoms with Gasteiger partial charge >= 0.3 is 43.1 Å². The van der Waals surface area contributed by atoms with Gasteiger partial charge in [-0.15, -0.1) is 0 Å². The third-order valence-electron chi connectivity index (χ3n) is 1.75. The van der Waals surface area contributed by atoms with Gasteiger partial charge in [0.1, 0.15) is 0 Å². The molecule has 0 aliphatic rings. The second kappa shape index (κ2) is 5.91. The normalized spacial score (nSPS) is 14.5. The molecule has 22 heavy (non-hydrogen) atoms. The second-order valence-electron chi connectivity index (χ2n) is 3.34. The van der Waals surface area contributed by atoms with Crippen LogP contribution < -0.4 is 0 Å². The largest absolute Gasteiger partial charge is 0.518 e. The Balaban J connectivity index is 5.11. The van der Waals surface area contributed by atoms with Gasteiger partial charge in [0.05, 0.1) is 0 Å². The molecule has 0 saturated carbocycles. The molecule has 0 aromatic rings. The van der Waals surface area contributed by atoms with E-state index in [0.29, 0.717) is 0 Å². The third-order valence-corrected chi connectivity index (χ3v) is 1.75. The van der Waals surface area contributed by atoms with Crippen LogP contribution in [0.2, 0.25) is 0 Å². The van der Waals surface area contributed by atoms with Crippen LogP contribution in [0.1, 0.15) is 0 Å². The van der Waals surface area contributed by atoms with E-state index in [2.05, 4.69) is 9.47 Å². The lowest BCUT2D eigenvalue weighted by atomic mass is 10.3. The van der Waals surface area contributed by atoms with Crippen molar-refractivity contribution in [2.24, 2.45) is 0 Å². The number of hydrogen-bond acceptors (Lipinski definition) is 3. The number of halogens is 12. The number of hydrogen-bond donors (Lipinski definition) is 0. The summed E-state index contributed by atoms with van der Waals surface area (Å²) in [5, 5.41) is 0. The lowest BCUT2D eigenvalue weighted by Gasteiger charge is -2.27. The van der Waals surface area contributed by atoms with E-state index < -0.39 is 43.1 Å². The van der Waals surface area contributed by atoms with Crippen molar-refractivity contribution in [2.75, 3.05) is 0 Å². The second-order valence-corrected chi connectivity index (χ2v) is 3.34. The highest BCUT2D eigenvalue weighted by Gasteiger charge is 2.70. The number of rotatable bonds is 6. The predicted octanol–water partition coefficient (Wildman–Crippen LogP) is 4.13. The molecule has 0 aromatic heterocycles. The number of carbonyl (C=O) groups excluding carboxylic acids is 1. The average Bonchev–Trinajstić information content (AvgIpc) is 2.25. The Labute approximate surface area is 111 Å². The van der Waals surface area contributed by atoms with Crippen molar-refractivity contribution in [3.05, 3.63) is 0 Å². The van der Waals surface area contributed by atoms with Crippen molar-refractivity contribution in [2.45, 2.75) is 36.9 Å². The van der Waals surface area contributed by atoms with Crippen LogP contribution in [0.15, 0.2) is 0 Å². The van der Waals surface area contributed by atoms with Crippen molar-refractivity contribution < 1.29 is 67.0 Å². The van der Waals surface area contributed by atoms with Crippen LogP contribution in [-0.2, 0) is 9.47 Å². The Bertz CT molecular complexity index is 370. The Morgan fingerprint density at radius 2 is 0.864 bits per heavy atom. The third kappa shape index (κ3) is 3.79. The van der Waals surface area contributed by atoms with E-state index in [-0.39, 0.29) is 0 Å². The van der Waals surface area contributed by atoms with E-state index in [1.807, 2.05) is 0 Å². The predicted molar refractivity (Wildman–Crippen MR) is 39.4 cm³/mol. The van der Waals surface area contributed by atoms with Gasteiger partial charge in [-0.2, -0.15) is 35.1 Å². The monoisotopic (exact) mass is 362 g/mol. The summed E-state index contributed by atoms with van der Waals surface area (Å²) in [5.74, 6) is -12.8. The van der Waals surface area contributed by atoms with Crippen LogP contribution >= 0.6 is 0 Å². The van der Waals surface area contributed by atoms with Crippen LogP contribution in [-0.4, -0.2) is 43.1 Å². The van der Waals surface area contributed by atoms with Crippen LogP contribution in [0.5, 0.6) is 0 Å². The standard InChI is InChI=1S/C7H2F12O3/c8-1(9)4(12,13)6(16,17)21-3(20)22-7(18,19)5(14,15)2(10)11/h1-2H.